The van der Waals surface area contributed by atoms with Crippen LogP contribution in [0.25, 0.3) is 0 Å². The van der Waals surface area contributed by atoms with E-state index in [1.165, 1.54) is 25.7 Å². The van der Waals surface area contributed by atoms with Crippen molar-refractivity contribution in [3.05, 3.63) is 12.1 Å². The zero-order valence-corrected chi connectivity index (χ0v) is 11.5. The lowest BCUT2D eigenvalue weighted by atomic mass is 10.1. The summed E-state index contributed by atoms with van der Waals surface area (Å²) in [6.45, 7) is 4.39. The van der Waals surface area contributed by atoms with Gasteiger partial charge in [-0.3, -0.25) is 0 Å². The molecule has 3 rings (SSSR count). The minimum Gasteiger partial charge on any atom is -0.486 e. The van der Waals surface area contributed by atoms with E-state index in [0.717, 1.165) is 29.4 Å². The molecule has 19 heavy (non-hydrogen) atoms. The summed E-state index contributed by atoms with van der Waals surface area (Å²) in [4.78, 5) is 2.42. The second kappa shape index (κ2) is 5.19. The third-order valence-corrected chi connectivity index (χ3v) is 4.11. The number of rotatable bonds is 3. The molecular formula is C15H22N2O2. The van der Waals surface area contributed by atoms with Gasteiger partial charge in [0.2, 0.25) is 0 Å². The van der Waals surface area contributed by atoms with Crippen molar-refractivity contribution in [2.45, 2.75) is 38.6 Å². The van der Waals surface area contributed by atoms with Crippen molar-refractivity contribution in [2.75, 3.05) is 30.4 Å². The molecule has 2 aliphatic rings. The highest BCUT2D eigenvalue weighted by atomic mass is 16.6. The van der Waals surface area contributed by atoms with Crippen LogP contribution in [0.1, 0.15) is 32.6 Å². The molecule has 1 aromatic rings. The van der Waals surface area contributed by atoms with Crippen LogP contribution in [0.5, 0.6) is 11.5 Å². The molecule has 1 aliphatic heterocycles. The summed E-state index contributed by atoms with van der Waals surface area (Å²) in [5.41, 5.74) is 8.10. The summed E-state index contributed by atoms with van der Waals surface area (Å²) >= 11 is 0. The lowest BCUT2D eigenvalue weighted by molar-refractivity contribution is 0.172. The third kappa shape index (κ3) is 2.31. The molecule has 0 atom stereocenters. The number of nitrogens with zero attached hydrogens (tertiary/aromatic N) is 1. The van der Waals surface area contributed by atoms with Gasteiger partial charge in [0.05, 0.1) is 11.4 Å². The Morgan fingerprint density at radius 2 is 1.79 bits per heavy atom. The van der Waals surface area contributed by atoms with Crippen LogP contribution >= 0.6 is 0 Å². The van der Waals surface area contributed by atoms with Gasteiger partial charge in [-0.15, -0.1) is 0 Å². The summed E-state index contributed by atoms with van der Waals surface area (Å²) in [5, 5.41) is 0. The van der Waals surface area contributed by atoms with E-state index in [1.54, 1.807) is 0 Å². The van der Waals surface area contributed by atoms with Gasteiger partial charge in [-0.25, -0.2) is 0 Å². The summed E-state index contributed by atoms with van der Waals surface area (Å²) < 4.78 is 11.2. The van der Waals surface area contributed by atoms with Gasteiger partial charge in [-0.05, 0) is 19.8 Å². The maximum absolute atomic E-state index is 6.21. The molecule has 4 nitrogen and oxygen atoms in total. The molecule has 1 fully saturated rings. The van der Waals surface area contributed by atoms with Crippen molar-refractivity contribution in [1.29, 1.82) is 0 Å². The highest BCUT2D eigenvalue weighted by Crippen LogP contribution is 2.40. The maximum atomic E-state index is 6.21. The lowest BCUT2D eigenvalue weighted by Gasteiger charge is -2.32. The molecule has 1 aliphatic carbocycles. The van der Waals surface area contributed by atoms with E-state index in [-0.39, 0.29) is 0 Å². The van der Waals surface area contributed by atoms with E-state index < -0.39 is 0 Å². The monoisotopic (exact) mass is 262 g/mol. The number of nitrogens with two attached hydrogens (primary N) is 1. The summed E-state index contributed by atoms with van der Waals surface area (Å²) in [6.07, 6.45) is 5.18. The standard InChI is InChI=1S/C15H22N2O2/c1-2-17(11-5-3-4-6-11)13-10-15-14(9-12(13)16)18-7-8-19-15/h9-11H,2-8,16H2,1H3. The molecule has 0 spiro atoms. The molecule has 0 unspecified atom stereocenters. The van der Waals surface area contributed by atoms with E-state index in [2.05, 4.69) is 11.8 Å². The van der Waals surface area contributed by atoms with E-state index >= 15 is 0 Å². The van der Waals surface area contributed by atoms with Crippen molar-refractivity contribution in [3.8, 4) is 11.5 Å². The van der Waals surface area contributed by atoms with Gasteiger partial charge in [0.15, 0.2) is 11.5 Å². The Kier molecular flexibility index (Phi) is 3.40. The molecule has 2 N–H and O–H groups in total. The van der Waals surface area contributed by atoms with Crippen molar-refractivity contribution in [3.63, 3.8) is 0 Å². The van der Waals surface area contributed by atoms with Gasteiger partial charge in [-0.1, -0.05) is 12.8 Å². The first kappa shape index (κ1) is 12.5. The Morgan fingerprint density at radius 1 is 1.16 bits per heavy atom. The van der Waals surface area contributed by atoms with Crippen molar-refractivity contribution in [1.82, 2.24) is 0 Å². The van der Waals surface area contributed by atoms with Crippen LogP contribution in [0.4, 0.5) is 11.4 Å². The molecule has 104 valence electrons. The number of anilines is 2. The Labute approximate surface area is 114 Å². The molecule has 0 bridgehead atoms. The molecule has 0 saturated heterocycles. The molecule has 1 saturated carbocycles. The quantitative estimate of drug-likeness (QED) is 0.851. The average molecular weight is 262 g/mol. The second-order valence-electron chi connectivity index (χ2n) is 5.28. The first-order valence-corrected chi connectivity index (χ1v) is 7.25. The van der Waals surface area contributed by atoms with Crippen LogP contribution in [0.15, 0.2) is 12.1 Å². The topological polar surface area (TPSA) is 47.7 Å². The molecule has 0 aromatic heterocycles. The SMILES string of the molecule is CCN(c1cc2c(cc1N)OCCO2)C1CCCC1. The molecule has 0 amide bonds. The van der Waals surface area contributed by atoms with Gasteiger partial charge in [0.25, 0.3) is 0 Å². The molecule has 1 heterocycles. The Balaban J connectivity index is 1.93. The van der Waals surface area contributed by atoms with Crippen LogP contribution in [-0.2, 0) is 0 Å². The predicted molar refractivity (Wildman–Crippen MR) is 77.1 cm³/mol. The number of hydrogen-bond donors (Lipinski definition) is 1. The van der Waals surface area contributed by atoms with Crippen LogP contribution in [-0.4, -0.2) is 25.8 Å². The van der Waals surface area contributed by atoms with Gasteiger partial charge < -0.3 is 20.1 Å². The number of fused-ring (bicyclic) bond motifs is 1. The fourth-order valence-electron chi connectivity index (χ4n) is 3.18. The van der Waals surface area contributed by atoms with E-state index in [9.17, 15) is 0 Å². The molecule has 0 radical (unpaired) electrons. The predicted octanol–water partition coefficient (Wildman–Crippen LogP) is 2.81. The zero-order chi connectivity index (χ0) is 13.2. The first-order chi connectivity index (χ1) is 9.29. The fourth-order valence-corrected chi connectivity index (χ4v) is 3.18. The fraction of sp³-hybridized carbons (Fsp3) is 0.600. The van der Waals surface area contributed by atoms with Gasteiger partial charge in [-0.2, -0.15) is 0 Å². The third-order valence-electron chi connectivity index (χ3n) is 4.11. The van der Waals surface area contributed by atoms with Crippen LogP contribution in [0, 0.1) is 0 Å². The Morgan fingerprint density at radius 3 is 2.42 bits per heavy atom. The smallest absolute Gasteiger partial charge is 0.163 e. The average Bonchev–Trinajstić information content (AvgIpc) is 2.94. The number of benzene rings is 1. The summed E-state index contributed by atoms with van der Waals surface area (Å²) in [5.74, 6) is 1.60. The second-order valence-corrected chi connectivity index (χ2v) is 5.28. The summed E-state index contributed by atoms with van der Waals surface area (Å²) in [7, 11) is 0. The highest BCUT2D eigenvalue weighted by Gasteiger charge is 2.25. The first-order valence-electron chi connectivity index (χ1n) is 7.25. The minimum atomic E-state index is 0.603. The highest BCUT2D eigenvalue weighted by molar-refractivity contribution is 5.73. The number of hydrogen-bond acceptors (Lipinski definition) is 4. The van der Waals surface area contributed by atoms with Crippen LogP contribution < -0.4 is 20.1 Å². The summed E-state index contributed by atoms with van der Waals surface area (Å²) in [6, 6.07) is 4.57. The van der Waals surface area contributed by atoms with Crippen molar-refractivity contribution >= 4 is 11.4 Å². The minimum absolute atomic E-state index is 0.603. The molecule has 1 aromatic carbocycles. The van der Waals surface area contributed by atoms with Crippen molar-refractivity contribution in [2.24, 2.45) is 0 Å². The largest absolute Gasteiger partial charge is 0.486 e. The van der Waals surface area contributed by atoms with Crippen LogP contribution in [0.2, 0.25) is 0 Å². The van der Waals surface area contributed by atoms with Crippen molar-refractivity contribution < 1.29 is 9.47 Å². The molecular weight excluding hydrogens is 240 g/mol. The Hall–Kier alpha value is -1.58. The molecule has 4 heteroatoms. The number of nitrogen functional groups attached to an aromatic ring is 1. The van der Waals surface area contributed by atoms with Crippen LogP contribution in [0.3, 0.4) is 0 Å². The zero-order valence-electron chi connectivity index (χ0n) is 11.5. The maximum Gasteiger partial charge on any atom is 0.163 e. The van der Waals surface area contributed by atoms with E-state index in [0.29, 0.717) is 19.3 Å². The Bertz CT molecular complexity index is 456. The van der Waals surface area contributed by atoms with Gasteiger partial charge in [0, 0.05) is 24.7 Å². The lowest BCUT2D eigenvalue weighted by Crippen LogP contribution is -2.33. The van der Waals surface area contributed by atoms with Gasteiger partial charge >= 0.3 is 0 Å². The van der Waals surface area contributed by atoms with E-state index in [1.807, 2.05) is 12.1 Å². The number of ether oxygens (including phenoxy) is 2. The normalized spacial score (nSPS) is 18.6. The van der Waals surface area contributed by atoms with Gasteiger partial charge in [0.1, 0.15) is 13.2 Å². The van der Waals surface area contributed by atoms with E-state index in [4.69, 9.17) is 15.2 Å².